The fourth-order valence-corrected chi connectivity index (χ4v) is 2.07. The summed E-state index contributed by atoms with van der Waals surface area (Å²) in [6, 6.07) is 15.2. The molecule has 18 heavy (non-hydrogen) atoms. The minimum Gasteiger partial charge on any atom is -0.385 e. The molecular formula is C16H18O2. The first kappa shape index (κ1) is 12.8. The third kappa shape index (κ3) is 2.78. The second-order valence-electron chi connectivity index (χ2n) is 4.72. The first-order valence-corrected chi connectivity index (χ1v) is 6.07. The molecule has 2 rings (SSSR count). The van der Waals surface area contributed by atoms with Crippen LogP contribution in [0.3, 0.4) is 0 Å². The second-order valence-corrected chi connectivity index (χ2v) is 4.72. The number of hydrogen-bond donors (Lipinski definition) is 2. The summed E-state index contributed by atoms with van der Waals surface area (Å²) in [5, 5.41) is 20.4. The number of aliphatic hydroxyl groups is 2. The summed E-state index contributed by atoms with van der Waals surface area (Å²) in [6.45, 7) is 3.94. The molecule has 2 N–H and O–H groups in total. The van der Waals surface area contributed by atoms with Crippen LogP contribution < -0.4 is 0 Å². The SMILES string of the molecule is Cc1cccc([C@@H](O)[C@H](O)c2cccc(C)c2)c1. The maximum Gasteiger partial charge on any atom is 0.109 e. The van der Waals surface area contributed by atoms with Crippen molar-refractivity contribution in [1.29, 1.82) is 0 Å². The van der Waals surface area contributed by atoms with Gasteiger partial charge in [0, 0.05) is 0 Å². The van der Waals surface area contributed by atoms with E-state index in [-0.39, 0.29) is 0 Å². The molecule has 0 bridgehead atoms. The van der Waals surface area contributed by atoms with Crippen molar-refractivity contribution in [3.63, 3.8) is 0 Å². The van der Waals surface area contributed by atoms with E-state index in [4.69, 9.17) is 0 Å². The molecule has 0 heterocycles. The number of aryl methyl sites for hydroxylation is 2. The lowest BCUT2D eigenvalue weighted by Crippen LogP contribution is -2.10. The Bertz CT molecular complexity index is 485. The van der Waals surface area contributed by atoms with Gasteiger partial charge >= 0.3 is 0 Å². The number of benzene rings is 2. The zero-order valence-corrected chi connectivity index (χ0v) is 10.7. The molecule has 0 aliphatic rings. The maximum atomic E-state index is 10.2. The predicted octanol–water partition coefficient (Wildman–Crippen LogP) is 3.07. The average Bonchev–Trinajstić information content (AvgIpc) is 2.37. The Hall–Kier alpha value is -1.64. The van der Waals surface area contributed by atoms with Gasteiger partial charge in [0.25, 0.3) is 0 Å². The third-order valence-electron chi connectivity index (χ3n) is 3.07. The molecule has 2 aromatic carbocycles. The van der Waals surface area contributed by atoms with Crippen LogP contribution in [0.25, 0.3) is 0 Å². The molecule has 0 aliphatic heterocycles. The Balaban J connectivity index is 2.26. The molecule has 0 aliphatic carbocycles. The van der Waals surface area contributed by atoms with Gasteiger partial charge in [-0.05, 0) is 25.0 Å². The van der Waals surface area contributed by atoms with Crippen LogP contribution in [-0.4, -0.2) is 10.2 Å². The van der Waals surface area contributed by atoms with Crippen molar-refractivity contribution < 1.29 is 10.2 Å². The quantitative estimate of drug-likeness (QED) is 0.868. The Labute approximate surface area is 108 Å². The molecule has 0 radical (unpaired) electrons. The Morgan fingerprint density at radius 3 is 1.44 bits per heavy atom. The van der Waals surface area contributed by atoms with Crippen molar-refractivity contribution in [1.82, 2.24) is 0 Å². The van der Waals surface area contributed by atoms with Gasteiger partial charge in [0.15, 0.2) is 0 Å². The van der Waals surface area contributed by atoms with E-state index in [9.17, 15) is 10.2 Å². The molecule has 0 saturated carbocycles. The molecular weight excluding hydrogens is 224 g/mol. The lowest BCUT2D eigenvalue weighted by molar-refractivity contribution is 0.0172. The Morgan fingerprint density at radius 2 is 1.11 bits per heavy atom. The number of hydrogen-bond acceptors (Lipinski definition) is 2. The van der Waals surface area contributed by atoms with Gasteiger partial charge in [0.1, 0.15) is 12.2 Å². The van der Waals surface area contributed by atoms with Gasteiger partial charge in [-0.1, -0.05) is 59.7 Å². The summed E-state index contributed by atoms with van der Waals surface area (Å²) in [7, 11) is 0. The summed E-state index contributed by atoms with van der Waals surface area (Å²) in [5.74, 6) is 0. The van der Waals surface area contributed by atoms with Gasteiger partial charge < -0.3 is 10.2 Å². The molecule has 94 valence electrons. The van der Waals surface area contributed by atoms with Gasteiger partial charge in [0.05, 0.1) is 0 Å². The molecule has 0 aromatic heterocycles. The van der Waals surface area contributed by atoms with E-state index < -0.39 is 12.2 Å². The summed E-state index contributed by atoms with van der Waals surface area (Å²) >= 11 is 0. The second kappa shape index (κ2) is 5.34. The van der Waals surface area contributed by atoms with Crippen molar-refractivity contribution >= 4 is 0 Å². The summed E-state index contributed by atoms with van der Waals surface area (Å²) in [5.41, 5.74) is 3.62. The van der Waals surface area contributed by atoms with E-state index in [2.05, 4.69) is 0 Å². The van der Waals surface area contributed by atoms with Crippen LogP contribution in [0.15, 0.2) is 48.5 Å². The highest BCUT2D eigenvalue weighted by atomic mass is 16.3. The predicted molar refractivity (Wildman–Crippen MR) is 72.3 cm³/mol. The fraction of sp³-hybridized carbons (Fsp3) is 0.250. The zero-order valence-electron chi connectivity index (χ0n) is 10.7. The van der Waals surface area contributed by atoms with Crippen molar-refractivity contribution in [2.45, 2.75) is 26.1 Å². The van der Waals surface area contributed by atoms with E-state index in [0.717, 1.165) is 22.3 Å². The number of aliphatic hydroxyl groups excluding tert-OH is 2. The lowest BCUT2D eigenvalue weighted by atomic mass is 9.96. The van der Waals surface area contributed by atoms with Crippen LogP contribution in [0, 0.1) is 13.8 Å². The van der Waals surface area contributed by atoms with Crippen LogP contribution in [-0.2, 0) is 0 Å². The normalized spacial score (nSPS) is 14.2. The highest BCUT2D eigenvalue weighted by Gasteiger charge is 2.20. The van der Waals surface area contributed by atoms with Crippen molar-refractivity contribution in [2.75, 3.05) is 0 Å². The van der Waals surface area contributed by atoms with Gasteiger partial charge in [-0.25, -0.2) is 0 Å². The average molecular weight is 242 g/mol. The van der Waals surface area contributed by atoms with Crippen LogP contribution in [0.5, 0.6) is 0 Å². The molecule has 2 atom stereocenters. The van der Waals surface area contributed by atoms with Crippen molar-refractivity contribution in [2.24, 2.45) is 0 Å². The van der Waals surface area contributed by atoms with Crippen LogP contribution in [0.1, 0.15) is 34.5 Å². The molecule has 0 amide bonds. The summed E-state index contributed by atoms with van der Waals surface area (Å²) in [6.07, 6.45) is -1.79. The van der Waals surface area contributed by atoms with E-state index in [0.29, 0.717) is 0 Å². The first-order chi connectivity index (χ1) is 8.58. The zero-order chi connectivity index (χ0) is 13.1. The van der Waals surface area contributed by atoms with Crippen molar-refractivity contribution in [3.05, 3.63) is 70.8 Å². The first-order valence-electron chi connectivity index (χ1n) is 6.07. The van der Waals surface area contributed by atoms with Gasteiger partial charge in [-0.15, -0.1) is 0 Å². The monoisotopic (exact) mass is 242 g/mol. The van der Waals surface area contributed by atoms with Crippen LogP contribution >= 0.6 is 0 Å². The van der Waals surface area contributed by atoms with E-state index in [1.807, 2.05) is 62.4 Å². The molecule has 0 fully saturated rings. The topological polar surface area (TPSA) is 40.5 Å². The fourth-order valence-electron chi connectivity index (χ4n) is 2.07. The number of rotatable bonds is 3. The largest absolute Gasteiger partial charge is 0.385 e. The minimum atomic E-state index is -0.897. The van der Waals surface area contributed by atoms with E-state index in [1.54, 1.807) is 0 Å². The van der Waals surface area contributed by atoms with Crippen molar-refractivity contribution in [3.8, 4) is 0 Å². The molecule has 0 unspecified atom stereocenters. The molecule has 2 nitrogen and oxygen atoms in total. The minimum absolute atomic E-state index is 0.740. The standard InChI is InChI=1S/C16H18O2/c1-11-5-3-7-13(9-11)15(17)16(18)14-8-4-6-12(2)10-14/h3-10,15-18H,1-2H3/t15-,16-/m1/s1. The van der Waals surface area contributed by atoms with Gasteiger partial charge in [-0.3, -0.25) is 0 Å². The maximum absolute atomic E-state index is 10.2. The van der Waals surface area contributed by atoms with E-state index >= 15 is 0 Å². The summed E-state index contributed by atoms with van der Waals surface area (Å²) in [4.78, 5) is 0. The lowest BCUT2D eigenvalue weighted by Gasteiger charge is -2.19. The van der Waals surface area contributed by atoms with E-state index in [1.165, 1.54) is 0 Å². The smallest absolute Gasteiger partial charge is 0.109 e. The molecule has 2 aromatic rings. The highest BCUT2D eigenvalue weighted by Crippen LogP contribution is 2.29. The van der Waals surface area contributed by atoms with Gasteiger partial charge in [-0.2, -0.15) is 0 Å². The third-order valence-corrected chi connectivity index (χ3v) is 3.07. The molecule has 2 heteroatoms. The Kier molecular flexibility index (Phi) is 3.80. The van der Waals surface area contributed by atoms with Crippen LogP contribution in [0.4, 0.5) is 0 Å². The van der Waals surface area contributed by atoms with Gasteiger partial charge in [0.2, 0.25) is 0 Å². The highest BCUT2D eigenvalue weighted by molar-refractivity contribution is 5.29. The summed E-state index contributed by atoms with van der Waals surface area (Å²) < 4.78 is 0. The van der Waals surface area contributed by atoms with Crippen LogP contribution in [0.2, 0.25) is 0 Å². The molecule has 0 saturated heterocycles. The molecule has 0 spiro atoms. The Morgan fingerprint density at radius 1 is 0.722 bits per heavy atom.